The fourth-order valence-electron chi connectivity index (χ4n) is 4.82. The zero-order valence-corrected chi connectivity index (χ0v) is 22.7. The highest BCUT2D eigenvalue weighted by atomic mass is 16.5. The molecular formula is C31H32N2O6. The largest absolute Gasteiger partial charge is 0.507 e. The molecule has 1 aliphatic rings. The first kappa shape index (κ1) is 27.6. The first-order valence-electron chi connectivity index (χ1n) is 12.8. The zero-order chi connectivity index (χ0) is 28.3. The van der Waals surface area contributed by atoms with Gasteiger partial charge in [-0.25, -0.2) is 4.79 Å². The lowest BCUT2D eigenvalue weighted by molar-refractivity contribution is -0.140. The summed E-state index contributed by atoms with van der Waals surface area (Å²) in [6.07, 6.45) is 3.16. The van der Waals surface area contributed by atoms with Crippen LogP contribution in [-0.4, -0.2) is 46.4 Å². The van der Waals surface area contributed by atoms with Crippen molar-refractivity contribution in [2.45, 2.75) is 46.2 Å². The maximum absolute atomic E-state index is 13.5. The van der Waals surface area contributed by atoms with Gasteiger partial charge < -0.3 is 19.5 Å². The van der Waals surface area contributed by atoms with Crippen molar-refractivity contribution in [2.24, 2.45) is 0 Å². The number of carbonyl (C=O) groups is 3. The van der Waals surface area contributed by atoms with E-state index in [-0.39, 0.29) is 30.4 Å². The van der Waals surface area contributed by atoms with Gasteiger partial charge >= 0.3 is 5.97 Å². The molecule has 4 rings (SSSR count). The molecule has 1 aliphatic heterocycles. The van der Waals surface area contributed by atoms with Gasteiger partial charge in [0.15, 0.2) is 0 Å². The van der Waals surface area contributed by atoms with E-state index in [2.05, 4.69) is 4.98 Å². The lowest BCUT2D eigenvalue weighted by atomic mass is 9.91. The number of Topliss-reactive ketones (excluding diaryl/α,β-unsaturated/α-hetero) is 1. The molecule has 202 valence electrons. The number of aromatic nitrogens is 1. The number of aryl methyl sites for hydroxylation is 1. The van der Waals surface area contributed by atoms with Crippen molar-refractivity contribution in [1.82, 2.24) is 9.88 Å². The maximum atomic E-state index is 13.5. The zero-order valence-electron chi connectivity index (χ0n) is 22.7. The molecule has 0 aliphatic carbocycles. The average Bonchev–Trinajstić information content (AvgIpc) is 3.18. The van der Waals surface area contributed by atoms with Crippen LogP contribution in [0, 0.1) is 6.92 Å². The van der Waals surface area contributed by atoms with Gasteiger partial charge in [-0.3, -0.25) is 14.6 Å². The van der Waals surface area contributed by atoms with E-state index in [9.17, 15) is 19.5 Å². The third-order valence-corrected chi connectivity index (χ3v) is 6.83. The summed E-state index contributed by atoms with van der Waals surface area (Å²) in [7, 11) is 1.59. The smallest absolute Gasteiger partial charge is 0.338 e. The van der Waals surface area contributed by atoms with Gasteiger partial charge in [0.25, 0.3) is 11.7 Å². The summed E-state index contributed by atoms with van der Waals surface area (Å²) in [6.45, 7) is 7.95. The van der Waals surface area contributed by atoms with Crippen LogP contribution in [0.25, 0.3) is 5.76 Å². The normalized spacial score (nSPS) is 16.6. The Labute approximate surface area is 227 Å². The van der Waals surface area contributed by atoms with Gasteiger partial charge in [-0.15, -0.1) is 0 Å². The first-order valence-corrected chi connectivity index (χ1v) is 12.8. The van der Waals surface area contributed by atoms with Gasteiger partial charge in [0, 0.05) is 24.5 Å². The molecule has 1 saturated heterocycles. The number of nitrogens with zero attached hydrogens (tertiary/aromatic N) is 2. The van der Waals surface area contributed by atoms with Gasteiger partial charge in [-0.05, 0) is 78.4 Å². The molecule has 2 heterocycles. The Morgan fingerprint density at radius 1 is 1.08 bits per heavy atom. The van der Waals surface area contributed by atoms with Crippen LogP contribution in [0.15, 0.2) is 66.5 Å². The summed E-state index contributed by atoms with van der Waals surface area (Å²) in [6, 6.07) is 12.9. The number of hydrogen-bond acceptors (Lipinski definition) is 7. The third-order valence-electron chi connectivity index (χ3n) is 6.83. The van der Waals surface area contributed by atoms with Crippen LogP contribution in [-0.2, 0) is 20.9 Å². The number of ether oxygens (including phenoxy) is 2. The summed E-state index contributed by atoms with van der Waals surface area (Å²) in [5.74, 6) is -1.37. The highest BCUT2D eigenvalue weighted by Crippen LogP contribution is 2.42. The van der Waals surface area contributed by atoms with E-state index in [1.54, 1.807) is 62.8 Å². The molecule has 1 aromatic heterocycles. The fraction of sp³-hybridized carbons (Fsp3) is 0.290. The number of aliphatic hydroxyl groups is 1. The second-order valence-electron chi connectivity index (χ2n) is 9.69. The SMILES string of the molecule is CCOC(=O)c1ccc(CN2C(=O)C(=O)/C(=C(/O)c3cc(C(C)C)c(OC)cc3C)C2c2ccncc2)cc1. The van der Waals surface area contributed by atoms with Crippen molar-refractivity contribution in [3.8, 4) is 5.75 Å². The predicted octanol–water partition coefficient (Wildman–Crippen LogP) is 5.32. The number of pyridine rings is 1. The van der Waals surface area contributed by atoms with Gasteiger partial charge in [0.1, 0.15) is 11.5 Å². The van der Waals surface area contributed by atoms with E-state index in [0.29, 0.717) is 33.6 Å². The van der Waals surface area contributed by atoms with Crippen LogP contribution in [0.2, 0.25) is 0 Å². The van der Waals surface area contributed by atoms with Crippen LogP contribution in [0.4, 0.5) is 0 Å². The molecule has 0 radical (unpaired) electrons. The second-order valence-corrected chi connectivity index (χ2v) is 9.69. The summed E-state index contributed by atoms with van der Waals surface area (Å²) < 4.78 is 10.6. The molecule has 0 bridgehead atoms. The highest BCUT2D eigenvalue weighted by Gasteiger charge is 2.46. The second kappa shape index (κ2) is 11.5. The number of amides is 1. The van der Waals surface area contributed by atoms with E-state index in [4.69, 9.17) is 9.47 Å². The maximum Gasteiger partial charge on any atom is 0.338 e. The summed E-state index contributed by atoms with van der Waals surface area (Å²) in [5.41, 5.74) is 3.82. The van der Waals surface area contributed by atoms with E-state index < -0.39 is 23.7 Å². The minimum absolute atomic E-state index is 0.0114. The number of likely N-dealkylation sites (tertiary alicyclic amines) is 1. The van der Waals surface area contributed by atoms with Crippen molar-refractivity contribution >= 4 is 23.4 Å². The summed E-state index contributed by atoms with van der Waals surface area (Å²) in [5, 5.41) is 11.6. The van der Waals surface area contributed by atoms with Crippen molar-refractivity contribution in [2.75, 3.05) is 13.7 Å². The molecule has 0 saturated carbocycles. The number of hydrogen-bond donors (Lipinski definition) is 1. The van der Waals surface area contributed by atoms with E-state index in [1.807, 2.05) is 32.9 Å². The average molecular weight is 529 g/mol. The monoisotopic (exact) mass is 528 g/mol. The Kier molecular flexibility index (Phi) is 8.14. The van der Waals surface area contributed by atoms with E-state index in [0.717, 1.165) is 5.56 Å². The van der Waals surface area contributed by atoms with Crippen molar-refractivity contribution in [3.63, 3.8) is 0 Å². The molecular weight excluding hydrogens is 496 g/mol. The molecule has 1 N–H and O–H groups in total. The molecule has 1 amide bonds. The Hall–Kier alpha value is -4.46. The lowest BCUT2D eigenvalue weighted by Crippen LogP contribution is -2.29. The summed E-state index contributed by atoms with van der Waals surface area (Å²) >= 11 is 0. The Bertz CT molecular complexity index is 1430. The lowest BCUT2D eigenvalue weighted by Gasteiger charge is -2.25. The molecule has 0 spiro atoms. The number of carbonyl (C=O) groups excluding carboxylic acids is 3. The van der Waals surface area contributed by atoms with Crippen molar-refractivity contribution in [1.29, 1.82) is 0 Å². The molecule has 3 aromatic rings. The Balaban J connectivity index is 1.81. The van der Waals surface area contributed by atoms with Gasteiger partial charge in [-0.1, -0.05) is 26.0 Å². The fourth-order valence-corrected chi connectivity index (χ4v) is 4.82. The molecule has 1 unspecified atom stereocenters. The highest BCUT2D eigenvalue weighted by molar-refractivity contribution is 6.46. The number of ketones is 1. The van der Waals surface area contributed by atoms with Crippen LogP contribution < -0.4 is 4.74 Å². The predicted molar refractivity (Wildman–Crippen MR) is 146 cm³/mol. The van der Waals surface area contributed by atoms with Crippen molar-refractivity contribution in [3.05, 3.63) is 99.9 Å². The van der Waals surface area contributed by atoms with Crippen LogP contribution in [0.5, 0.6) is 5.75 Å². The number of aliphatic hydroxyl groups excluding tert-OH is 1. The quantitative estimate of drug-likeness (QED) is 0.183. The standard InChI is InChI=1S/C31H32N2O6/c1-6-39-31(37)22-9-7-20(8-10-22)17-33-27(21-11-13-32-14-12-21)26(29(35)30(33)36)28(34)24-16-23(18(2)3)25(38-5)15-19(24)4/h7-16,18,27,34H,6,17H2,1-5H3/b28-26+. The number of esters is 1. The molecule has 1 atom stereocenters. The Morgan fingerprint density at radius 2 is 1.74 bits per heavy atom. The molecule has 1 fully saturated rings. The van der Waals surface area contributed by atoms with E-state index in [1.165, 1.54) is 4.90 Å². The number of rotatable bonds is 8. The minimum atomic E-state index is -0.832. The van der Waals surface area contributed by atoms with Crippen LogP contribution >= 0.6 is 0 Å². The van der Waals surface area contributed by atoms with E-state index >= 15 is 0 Å². The van der Waals surface area contributed by atoms with Crippen LogP contribution in [0.3, 0.4) is 0 Å². The summed E-state index contributed by atoms with van der Waals surface area (Å²) in [4.78, 5) is 44.4. The molecule has 39 heavy (non-hydrogen) atoms. The number of methoxy groups -OCH3 is 1. The molecule has 8 nitrogen and oxygen atoms in total. The van der Waals surface area contributed by atoms with Gasteiger partial charge in [0.2, 0.25) is 0 Å². The van der Waals surface area contributed by atoms with Gasteiger partial charge in [0.05, 0.1) is 30.9 Å². The number of benzene rings is 2. The van der Waals surface area contributed by atoms with Crippen molar-refractivity contribution < 1.29 is 29.0 Å². The topological polar surface area (TPSA) is 106 Å². The van der Waals surface area contributed by atoms with Gasteiger partial charge in [-0.2, -0.15) is 0 Å². The van der Waals surface area contributed by atoms with Crippen LogP contribution in [0.1, 0.15) is 70.9 Å². The first-order chi connectivity index (χ1) is 18.7. The third kappa shape index (κ3) is 5.41. The Morgan fingerprint density at radius 3 is 2.33 bits per heavy atom. The molecule has 8 heteroatoms. The molecule has 2 aromatic carbocycles. The minimum Gasteiger partial charge on any atom is -0.507 e.